The molecule has 0 fully saturated rings. The van der Waals surface area contributed by atoms with E-state index < -0.39 is 5.97 Å². The van der Waals surface area contributed by atoms with Gasteiger partial charge in [0.25, 0.3) is 0 Å². The summed E-state index contributed by atoms with van der Waals surface area (Å²) < 4.78 is 10.8. The van der Waals surface area contributed by atoms with Gasteiger partial charge in [-0.25, -0.2) is 4.79 Å². The molecule has 0 radical (unpaired) electrons. The van der Waals surface area contributed by atoms with E-state index in [0.29, 0.717) is 18.1 Å². The Bertz CT molecular complexity index is 598. The summed E-state index contributed by atoms with van der Waals surface area (Å²) in [5, 5.41) is 8.99. The van der Waals surface area contributed by atoms with Crippen LogP contribution in [0.15, 0.2) is 42.7 Å². The molecule has 0 unspecified atom stereocenters. The first-order chi connectivity index (χ1) is 10.2. The summed E-state index contributed by atoms with van der Waals surface area (Å²) >= 11 is 0. The van der Waals surface area contributed by atoms with Crippen LogP contribution in [0.3, 0.4) is 0 Å². The molecule has 110 valence electrons. The number of nitrogens with zero attached hydrogens (tertiary/aromatic N) is 1. The highest BCUT2D eigenvalue weighted by atomic mass is 16.5. The molecule has 0 aliphatic heterocycles. The van der Waals surface area contributed by atoms with Crippen molar-refractivity contribution in [2.75, 3.05) is 13.7 Å². The van der Waals surface area contributed by atoms with Gasteiger partial charge < -0.3 is 14.6 Å². The maximum absolute atomic E-state index is 11.0. The Hall–Kier alpha value is -2.56. The van der Waals surface area contributed by atoms with Crippen LogP contribution in [0, 0.1) is 0 Å². The van der Waals surface area contributed by atoms with E-state index in [4.69, 9.17) is 14.6 Å². The molecule has 0 aliphatic carbocycles. The molecule has 1 aromatic heterocycles. The van der Waals surface area contributed by atoms with Gasteiger partial charge in [-0.1, -0.05) is 6.07 Å². The van der Waals surface area contributed by atoms with Crippen LogP contribution >= 0.6 is 0 Å². The maximum Gasteiger partial charge on any atom is 0.335 e. The predicted molar refractivity (Wildman–Crippen MR) is 78.0 cm³/mol. The van der Waals surface area contributed by atoms with Gasteiger partial charge >= 0.3 is 5.97 Å². The molecule has 0 spiro atoms. The first-order valence-electron chi connectivity index (χ1n) is 6.63. The number of aryl methyl sites for hydroxylation is 1. The number of benzene rings is 1. The van der Waals surface area contributed by atoms with Crippen molar-refractivity contribution < 1.29 is 19.4 Å². The third kappa shape index (κ3) is 4.21. The first-order valence-corrected chi connectivity index (χ1v) is 6.63. The van der Waals surface area contributed by atoms with Crippen molar-refractivity contribution in [1.29, 1.82) is 0 Å². The number of carboxylic acids is 1. The van der Waals surface area contributed by atoms with Gasteiger partial charge in [0.15, 0.2) is 11.5 Å². The van der Waals surface area contributed by atoms with Gasteiger partial charge in [-0.15, -0.1) is 0 Å². The highest BCUT2D eigenvalue weighted by Crippen LogP contribution is 2.28. The van der Waals surface area contributed by atoms with Gasteiger partial charge in [0.2, 0.25) is 0 Å². The molecule has 1 heterocycles. The minimum Gasteiger partial charge on any atom is -0.493 e. The van der Waals surface area contributed by atoms with E-state index in [1.165, 1.54) is 19.2 Å². The van der Waals surface area contributed by atoms with E-state index in [2.05, 4.69) is 4.98 Å². The van der Waals surface area contributed by atoms with E-state index in [1.54, 1.807) is 12.3 Å². The Labute approximate surface area is 123 Å². The van der Waals surface area contributed by atoms with Crippen LogP contribution in [0.2, 0.25) is 0 Å². The average Bonchev–Trinajstić information content (AvgIpc) is 2.52. The SMILES string of the molecule is COc1ccc(C(=O)O)cc1OCCCc1cccnc1. The van der Waals surface area contributed by atoms with Crippen molar-refractivity contribution in [2.24, 2.45) is 0 Å². The number of carbonyl (C=O) groups is 1. The molecular weight excluding hydrogens is 270 g/mol. The molecule has 1 N–H and O–H groups in total. The normalized spacial score (nSPS) is 10.1. The van der Waals surface area contributed by atoms with Gasteiger partial charge in [0, 0.05) is 12.4 Å². The lowest BCUT2D eigenvalue weighted by atomic mass is 10.2. The number of ether oxygens (including phenoxy) is 2. The zero-order chi connectivity index (χ0) is 15.1. The number of hydrogen-bond acceptors (Lipinski definition) is 4. The van der Waals surface area contributed by atoms with Crippen LogP contribution in [0.1, 0.15) is 22.3 Å². The maximum atomic E-state index is 11.0. The van der Waals surface area contributed by atoms with E-state index in [1.807, 2.05) is 18.3 Å². The number of hydrogen-bond donors (Lipinski definition) is 1. The lowest BCUT2D eigenvalue weighted by Crippen LogP contribution is -2.03. The van der Waals surface area contributed by atoms with E-state index in [0.717, 1.165) is 18.4 Å². The topological polar surface area (TPSA) is 68.7 Å². The summed E-state index contributed by atoms with van der Waals surface area (Å²) in [6.07, 6.45) is 5.23. The predicted octanol–water partition coefficient (Wildman–Crippen LogP) is 2.80. The van der Waals surface area contributed by atoms with Crippen LogP contribution in [0.4, 0.5) is 0 Å². The van der Waals surface area contributed by atoms with Crippen LogP contribution < -0.4 is 9.47 Å². The summed E-state index contributed by atoms with van der Waals surface area (Å²) in [6, 6.07) is 8.48. The summed E-state index contributed by atoms with van der Waals surface area (Å²) in [4.78, 5) is 15.0. The van der Waals surface area contributed by atoms with Crippen molar-refractivity contribution in [3.63, 3.8) is 0 Å². The standard InChI is InChI=1S/C16H17NO4/c1-20-14-7-6-13(16(18)19)10-15(14)21-9-3-5-12-4-2-8-17-11-12/h2,4,6-8,10-11H,3,5,9H2,1H3,(H,18,19). The Morgan fingerprint density at radius 2 is 2.14 bits per heavy atom. The van der Waals surface area contributed by atoms with E-state index >= 15 is 0 Å². The smallest absolute Gasteiger partial charge is 0.335 e. The molecule has 21 heavy (non-hydrogen) atoms. The van der Waals surface area contributed by atoms with Crippen LogP contribution in [-0.4, -0.2) is 29.8 Å². The van der Waals surface area contributed by atoms with Crippen molar-refractivity contribution >= 4 is 5.97 Å². The van der Waals surface area contributed by atoms with Gasteiger partial charge in [0.1, 0.15) is 0 Å². The molecule has 1 aromatic carbocycles. The number of aromatic nitrogens is 1. The Morgan fingerprint density at radius 3 is 2.81 bits per heavy atom. The highest BCUT2D eigenvalue weighted by Gasteiger charge is 2.09. The molecule has 0 saturated heterocycles. The van der Waals surface area contributed by atoms with Crippen LogP contribution in [-0.2, 0) is 6.42 Å². The summed E-state index contributed by atoms with van der Waals surface area (Å²) in [7, 11) is 1.53. The van der Waals surface area contributed by atoms with Crippen molar-refractivity contribution in [3.05, 3.63) is 53.9 Å². The van der Waals surface area contributed by atoms with Gasteiger partial charge in [-0.3, -0.25) is 4.98 Å². The molecule has 0 amide bonds. The summed E-state index contributed by atoms with van der Waals surface area (Å²) in [5.41, 5.74) is 1.32. The second-order valence-corrected chi connectivity index (χ2v) is 4.48. The van der Waals surface area contributed by atoms with Crippen LogP contribution in [0.5, 0.6) is 11.5 Å². The third-order valence-electron chi connectivity index (χ3n) is 3.00. The van der Waals surface area contributed by atoms with Crippen molar-refractivity contribution in [2.45, 2.75) is 12.8 Å². The minimum absolute atomic E-state index is 0.179. The zero-order valence-corrected chi connectivity index (χ0v) is 11.8. The molecule has 2 rings (SSSR count). The first kappa shape index (κ1) is 14.8. The largest absolute Gasteiger partial charge is 0.493 e. The van der Waals surface area contributed by atoms with Gasteiger partial charge in [-0.05, 0) is 42.7 Å². The summed E-state index contributed by atoms with van der Waals surface area (Å²) in [5.74, 6) is -0.0113. The summed E-state index contributed by atoms with van der Waals surface area (Å²) in [6.45, 7) is 0.480. The quantitative estimate of drug-likeness (QED) is 0.793. The Morgan fingerprint density at radius 1 is 1.29 bits per heavy atom. The second-order valence-electron chi connectivity index (χ2n) is 4.48. The molecule has 0 saturated carbocycles. The fourth-order valence-corrected chi connectivity index (χ4v) is 1.93. The molecule has 0 bridgehead atoms. The number of methoxy groups -OCH3 is 1. The molecule has 0 atom stereocenters. The molecule has 0 aliphatic rings. The third-order valence-corrected chi connectivity index (χ3v) is 3.00. The number of pyridine rings is 1. The minimum atomic E-state index is -0.988. The zero-order valence-electron chi connectivity index (χ0n) is 11.8. The number of aromatic carboxylic acids is 1. The number of rotatable bonds is 7. The fraction of sp³-hybridized carbons (Fsp3) is 0.250. The molecule has 2 aromatic rings. The fourth-order valence-electron chi connectivity index (χ4n) is 1.93. The average molecular weight is 287 g/mol. The number of carboxylic acid groups (broad SMARTS) is 1. The van der Waals surface area contributed by atoms with Crippen LogP contribution in [0.25, 0.3) is 0 Å². The molecule has 5 heteroatoms. The molecular formula is C16H17NO4. The van der Waals surface area contributed by atoms with E-state index in [9.17, 15) is 4.79 Å². The second kappa shape index (κ2) is 7.28. The van der Waals surface area contributed by atoms with Crippen molar-refractivity contribution in [1.82, 2.24) is 4.98 Å². The Balaban J connectivity index is 1.92. The van der Waals surface area contributed by atoms with Crippen molar-refractivity contribution in [3.8, 4) is 11.5 Å². The molecule has 5 nitrogen and oxygen atoms in total. The monoisotopic (exact) mass is 287 g/mol. The van der Waals surface area contributed by atoms with Gasteiger partial charge in [0.05, 0.1) is 19.3 Å². The van der Waals surface area contributed by atoms with E-state index in [-0.39, 0.29) is 5.56 Å². The Kier molecular flexibility index (Phi) is 5.15. The lowest BCUT2D eigenvalue weighted by Gasteiger charge is -2.11. The van der Waals surface area contributed by atoms with Gasteiger partial charge in [-0.2, -0.15) is 0 Å². The lowest BCUT2D eigenvalue weighted by molar-refractivity contribution is 0.0696. The highest BCUT2D eigenvalue weighted by molar-refractivity contribution is 5.88.